The lowest BCUT2D eigenvalue weighted by Crippen LogP contribution is -2.41. The summed E-state index contributed by atoms with van der Waals surface area (Å²) in [4.78, 5) is 2.68. The van der Waals surface area contributed by atoms with E-state index < -0.39 is 0 Å². The number of nitrogens with zero attached hydrogens (tertiary/aromatic N) is 1. The van der Waals surface area contributed by atoms with E-state index in [0.29, 0.717) is 0 Å². The molecule has 0 aromatic heterocycles. The van der Waals surface area contributed by atoms with E-state index in [1.807, 2.05) is 0 Å². The normalized spacial score (nSPS) is 21.0. The molecule has 1 fully saturated rings. The van der Waals surface area contributed by atoms with Gasteiger partial charge < -0.3 is 10.2 Å². The third-order valence-corrected chi connectivity index (χ3v) is 4.14. The maximum atomic E-state index is 3.55. The fourth-order valence-corrected chi connectivity index (χ4v) is 2.69. The first-order chi connectivity index (χ1) is 8.13. The van der Waals surface area contributed by atoms with E-state index in [-0.39, 0.29) is 0 Å². The highest BCUT2D eigenvalue weighted by Gasteiger charge is 2.21. The summed E-state index contributed by atoms with van der Waals surface area (Å²) >= 11 is 0. The quantitative estimate of drug-likeness (QED) is 0.688. The number of rotatable bonds is 7. The van der Waals surface area contributed by atoms with Crippen LogP contribution in [-0.4, -0.2) is 37.1 Å². The molecule has 0 aliphatic carbocycles. The Morgan fingerprint density at radius 1 is 1.18 bits per heavy atom. The number of piperidine rings is 1. The van der Waals surface area contributed by atoms with Crippen molar-refractivity contribution < 1.29 is 0 Å². The summed E-state index contributed by atoms with van der Waals surface area (Å²) < 4.78 is 0. The van der Waals surface area contributed by atoms with E-state index in [0.717, 1.165) is 24.4 Å². The van der Waals surface area contributed by atoms with E-state index in [4.69, 9.17) is 0 Å². The molecule has 1 aliphatic heterocycles. The molecule has 1 N–H and O–H groups in total. The molecule has 0 spiro atoms. The minimum absolute atomic E-state index is 0.757. The second kappa shape index (κ2) is 8.10. The second-order valence-corrected chi connectivity index (χ2v) is 6.12. The van der Waals surface area contributed by atoms with Crippen molar-refractivity contribution in [2.75, 3.05) is 26.2 Å². The van der Waals surface area contributed by atoms with Crippen molar-refractivity contribution in [3.05, 3.63) is 0 Å². The molecule has 0 saturated carbocycles. The van der Waals surface area contributed by atoms with Gasteiger partial charge >= 0.3 is 0 Å². The molecule has 1 rings (SSSR count). The molecule has 1 atom stereocenters. The molecular formula is C15H32N2. The Bertz CT molecular complexity index is 183. The third-order valence-electron chi connectivity index (χ3n) is 4.14. The number of likely N-dealkylation sites (tertiary alicyclic amines) is 1. The smallest absolute Gasteiger partial charge is 0.00790 e. The average Bonchev–Trinajstić information content (AvgIpc) is 2.34. The van der Waals surface area contributed by atoms with E-state index in [1.54, 1.807) is 0 Å². The van der Waals surface area contributed by atoms with Crippen molar-refractivity contribution in [1.82, 2.24) is 10.2 Å². The number of nitrogens with one attached hydrogen (secondary N) is 1. The van der Waals surface area contributed by atoms with Gasteiger partial charge in [-0.15, -0.1) is 0 Å². The van der Waals surface area contributed by atoms with Gasteiger partial charge in [0.15, 0.2) is 0 Å². The van der Waals surface area contributed by atoms with Gasteiger partial charge in [-0.25, -0.2) is 0 Å². The fraction of sp³-hybridized carbons (Fsp3) is 1.00. The van der Waals surface area contributed by atoms with Gasteiger partial charge in [-0.05, 0) is 64.2 Å². The summed E-state index contributed by atoms with van der Waals surface area (Å²) in [6.07, 6.45) is 5.50. The summed E-state index contributed by atoms with van der Waals surface area (Å²) in [6.45, 7) is 14.2. The molecular weight excluding hydrogens is 208 g/mol. The molecule has 2 nitrogen and oxygen atoms in total. The standard InChI is InChI=1S/C15H32N2/c1-5-15-7-10-17(11-8-15)14(4)6-9-16-12-13(2)3/h13-16H,5-12H2,1-4H3. The Morgan fingerprint density at radius 3 is 2.35 bits per heavy atom. The summed E-state index contributed by atoms with van der Waals surface area (Å²) in [7, 11) is 0. The minimum Gasteiger partial charge on any atom is -0.316 e. The highest BCUT2D eigenvalue weighted by molar-refractivity contribution is 4.76. The highest BCUT2D eigenvalue weighted by Crippen LogP contribution is 2.21. The van der Waals surface area contributed by atoms with Gasteiger partial charge in [0.2, 0.25) is 0 Å². The Hall–Kier alpha value is -0.0800. The molecule has 1 unspecified atom stereocenters. The first-order valence-electron chi connectivity index (χ1n) is 7.58. The van der Waals surface area contributed by atoms with E-state index >= 15 is 0 Å². The van der Waals surface area contributed by atoms with Crippen LogP contribution in [0, 0.1) is 11.8 Å². The number of hydrogen-bond donors (Lipinski definition) is 1. The van der Waals surface area contributed by atoms with E-state index in [2.05, 4.69) is 37.9 Å². The van der Waals surface area contributed by atoms with Crippen LogP contribution in [0.4, 0.5) is 0 Å². The van der Waals surface area contributed by atoms with Crippen LogP contribution >= 0.6 is 0 Å². The van der Waals surface area contributed by atoms with Crippen LogP contribution in [0.25, 0.3) is 0 Å². The van der Waals surface area contributed by atoms with Crippen molar-refractivity contribution in [3.63, 3.8) is 0 Å². The SMILES string of the molecule is CCC1CCN(C(C)CCNCC(C)C)CC1. The van der Waals surface area contributed by atoms with Gasteiger partial charge in [-0.3, -0.25) is 0 Å². The van der Waals surface area contributed by atoms with Gasteiger partial charge in [0.05, 0.1) is 0 Å². The predicted molar refractivity (Wildman–Crippen MR) is 76.4 cm³/mol. The van der Waals surface area contributed by atoms with Crippen LogP contribution in [-0.2, 0) is 0 Å². The van der Waals surface area contributed by atoms with Gasteiger partial charge in [0.1, 0.15) is 0 Å². The van der Waals surface area contributed by atoms with Crippen LogP contribution in [0.5, 0.6) is 0 Å². The molecule has 2 heteroatoms. The molecule has 0 aromatic rings. The molecule has 1 saturated heterocycles. The lowest BCUT2D eigenvalue weighted by Gasteiger charge is -2.36. The summed E-state index contributed by atoms with van der Waals surface area (Å²) in [5.41, 5.74) is 0. The van der Waals surface area contributed by atoms with Gasteiger partial charge in [-0.2, -0.15) is 0 Å². The van der Waals surface area contributed by atoms with Crippen molar-refractivity contribution in [1.29, 1.82) is 0 Å². The zero-order valence-electron chi connectivity index (χ0n) is 12.3. The van der Waals surface area contributed by atoms with E-state index in [1.165, 1.54) is 45.3 Å². The Morgan fingerprint density at radius 2 is 1.82 bits per heavy atom. The molecule has 102 valence electrons. The first-order valence-corrected chi connectivity index (χ1v) is 7.58. The topological polar surface area (TPSA) is 15.3 Å². The van der Waals surface area contributed by atoms with Crippen molar-refractivity contribution >= 4 is 0 Å². The lowest BCUT2D eigenvalue weighted by molar-refractivity contribution is 0.133. The van der Waals surface area contributed by atoms with Gasteiger partial charge in [-0.1, -0.05) is 27.2 Å². The third kappa shape index (κ3) is 5.87. The van der Waals surface area contributed by atoms with Crippen molar-refractivity contribution in [2.24, 2.45) is 11.8 Å². The largest absolute Gasteiger partial charge is 0.316 e. The zero-order valence-corrected chi connectivity index (χ0v) is 12.3. The maximum Gasteiger partial charge on any atom is 0.00790 e. The second-order valence-electron chi connectivity index (χ2n) is 6.12. The average molecular weight is 240 g/mol. The van der Waals surface area contributed by atoms with Crippen molar-refractivity contribution in [3.8, 4) is 0 Å². The highest BCUT2D eigenvalue weighted by atomic mass is 15.2. The summed E-state index contributed by atoms with van der Waals surface area (Å²) in [6, 6.07) is 0.757. The summed E-state index contributed by atoms with van der Waals surface area (Å²) in [5, 5.41) is 3.55. The van der Waals surface area contributed by atoms with Crippen LogP contribution in [0.1, 0.15) is 53.4 Å². The maximum absolute atomic E-state index is 3.55. The molecule has 0 amide bonds. The van der Waals surface area contributed by atoms with Crippen LogP contribution in [0.2, 0.25) is 0 Å². The first kappa shape index (κ1) is 15.0. The Labute approximate surface area is 108 Å². The van der Waals surface area contributed by atoms with Gasteiger partial charge in [0, 0.05) is 6.04 Å². The Kier molecular flexibility index (Phi) is 7.14. The molecule has 0 bridgehead atoms. The molecule has 0 radical (unpaired) electrons. The monoisotopic (exact) mass is 240 g/mol. The molecule has 1 heterocycles. The number of hydrogen-bond acceptors (Lipinski definition) is 2. The fourth-order valence-electron chi connectivity index (χ4n) is 2.69. The van der Waals surface area contributed by atoms with Crippen molar-refractivity contribution in [2.45, 2.75) is 59.4 Å². The molecule has 17 heavy (non-hydrogen) atoms. The minimum atomic E-state index is 0.757. The molecule has 0 aromatic carbocycles. The lowest BCUT2D eigenvalue weighted by atomic mass is 9.93. The Balaban J connectivity index is 2.09. The van der Waals surface area contributed by atoms with Crippen LogP contribution < -0.4 is 5.32 Å². The van der Waals surface area contributed by atoms with Crippen LogP contribution in [0.3, 0.4) is 0 Å². The zero-order chi connectivity index (χ0) is 12.7. The summed E-state index contributed by atoms with van der Waals surface area (Å²) in [5.74, 6) is 1.77. The predicted octanol–water partition coefficient (Wildman–Crippen LogP) is 3.13. The van der Waals surface area contributed by atoms with Crippen LogP contribution in [0.15, 0.2) is 0 Å². The molecule has 1 aliphatic rings. The van der Waals surface area contributed by atoms with Gasteiger partial charge in [0.25, 0.3) is 0 Å². The van der Waals surface area contributed by atoms with E-state index in [9.17, 15) is 0 Å².